The molecule has 1 aromatic rings. The van der Waals surface area contributed by atoms with E-state index >= 15 is 0 Å². The maximum atomic E-state index is 14.4. The van der Waals surface area contributed by atoms with Crippen LogP contribution in [0, 0.1) is 5.82 Å². The number of alkyl halides is 3. The van der Waals surface area contributed by atoms with Crippen LogP contribution >= 0.6 is 24.0 Å². The van der Waals surface area contributed by atoms with E-state index in [2.05, 4.69) is 15.6 Å². The van der Waals surface area contributed by atoms with E-state index in [0.29, 0.717) is 43.7 Å². The highest BCUT2D eigenvalue weighted by atomic mass is 127. The van der Waals surface area contributed by atoms with Gasteiger partial charge < -0.3 is 20.6 Å². The Hall–Kier alpha value is -1.30. The fourth-order valence-electron chi connectivity index (χ4n) is 2.85. The number of benzene rings is 1. The van der Waals surface area contributed by atoms with E-state index < -0.39 is 12.6 Å². The van der Waals surface area contributed by atoms with Crippen LogP contribution in [0.15, 0.2) is 23.2 Å². The minimum atomic E-state index is -4.23. The molecule has 0 radical (unpaired) electrons. The molecule has 160 valence electrons. The second-order valence-electron chi connectivity index (χ2n) is 6.49. The molecule has 0 atom stereocenters. The van der Waals surface area contributed by atoms with Crippen molar-refractivity contribution in [3.63, 3.8) is 0 Å². The van der Waals surface area contributed by atoms with E-state index in [9.17, 15) is 22.7 Å². The summed E-state index contributed by atoms with van der Waals surface area (Å²) in [6, 6.07) is 4.83. The number of aliphatic hydroxyl groups is 1. The van der Waals surface area contributed by atoms with Crippen LogP contribution in [0.3, 0.4) is 0 Å². The summed E-state index contributed by atoms with van der Waals surface area (Å²) in [4.78, 5) is 6.11. The van der Waals surface area contributed by atoms with E-state index in [-0.39, 0.29) is 54.9 Å². The Morgan fingerprint density at radius 2 is 1.93 bits per heavy atom. The molecule has 0 unspecified atom stereocenters. The molecule has 0 saturated carbocycles. The molecule has 2 rings (SSSR count). The number of anilines is 1. The second kappa shape index (κ2) is 11.6. The van der Waals surface area contributed by atoms with Crippen molar-refractivity contribution in [2.24, 2.45) is 4.99 Å². The Morgan fingerprint density at radius 3 is 2.50 bits per heavy atom. The molecule has 28 heavy (non-hydrogen) atoms. The lowest BCUT2D eigenvalue weighted by Gasteiger charge is -2.31. The lowest BCUT2D eigenvalue weighted by molar-refractivity contribution is -0.132. The fraction of sp³-hybridized carbons (Fsp3) is 0.611. The van der Waals surface area contributed by atoms with Crippen LogP contribution in [0.25, 0.3) is 0 Å². The van der Waals surface area contributed by atoms with E-state index in [4.69, 9.17) is 0 Å². The SMILES string of the molecule is CCNC(=NCc1ccc(N2CCC(O)CC2)c(F)c1)NCCC(F)(F)F.I. The van der Waals surface area contributed by atoms with Crippen molar-refractivity contribution in [3.05, 3.63) is 29.6 Å². The van der Waals surface area contributed by atoms with Crippen LogP contribution in [0.2, 0.25) is 0 Å². The van der Waals surface area contributed by atoms with Gasteiger partial charge >= 0.3 is 6.18 Å². The average molecular weight is 518 g/mol. The quantitative estimate of drug-likeness (QED) is 0.234. The molecule has 10 heteroatoms. The van der Waals surface area contributed by atoms with E-state index in [1.807, 2.05) is 11.8 Å². The summed E-state index contributed by atoms with van der Waals surface area (Å²) in [6.45, 7) is 3.39. The number of aliphatic hydroxyl groups excluding tert-OH is 1. The van der Waals surface area contributed by atoms with Gasteiger partial charge in [-0.3, -0.25) is 0 Å². The van der Waals surface area contributed by atoms with Gasteiger partial charge in [-0.25, -0.2) is 9.38 Å². The van der Waals surface area contributed by atoms with Crippen LogP contribution in [0.1, 0.15) is 31.7 Å². The van der Waals surface area contributed by atoms with Crippen molar-refractivity contribution in [1.29, 1.82) is 0 Å². The fourth-order valence-corrected chi connectivity index (χ4v) is 2.85. The number of halogens is 5. The standard InChI is InChI=1S/C18H26F4N4O.HI/c1-2-23-17(24-8-7-18(20,21)22)25-12-13-3-4-16(15(19)11-13)26-9-5-14(27)6-10-26;/h3-4,11,14,27H,2,5-10,12H2,1H3,(H2,23,24,25);1H. The third kappa shape index (κ3) is 8.38. The largest absolute Gasteiger partial charge is 0.393 e. The number of nitrogens with one attached hydrogen (secondary N) is 2. The van der Waals surface area contributed by atoms with Gasteiger partial charge in [0, 0.05) is 26.2 Å². The summed E-state index contributed by atoms with van der Waals surface area (Å²) >= 11 is 0. The maximum absolute atomic E-state index is 14.4. The van der Waals surface area contributed by atoms with Crippen molar-refractivity contribution in [1.82, 2.24) is 10.6 Å². The van der Waals surface area contributed by atoms with Gasteiger partial charge in [-0.15, -0.1) is 24.0 Å². The van der Waals surface area contributed by atoms with E-state index in [0.717, 1.165) is 0 Å². The molecule has 0 amide bonds. The van der Waals surface area contributed by atoms with Gasteiger partial charge in [-0.2, -0.15) is 13.2 Å². The zero-order valence-corrected chi connectivity index (χ0v) is 18.1. The Bertz CT molecular complexity index is 635. The zero-order valence-electron chi connectivity index (χ0n) is 15.7. The number of hydrogen-bond donors (Lipinski definition) is 3. The lowest BCUT2D eigenvalue weighted by Crippen LogP contribution is -2.38. The zero-order chi connectivity index (χ0) is 19.9. The van der Waals surface area contributed by atoms with Gasteiger partial charge in [0.2, 0.25) is 0 Å². The summed E-state index contributed by atoms with van der Waals surface area (Å²) in [5.41, 5.74) is 1.12. The van der Waals surface area contributed by atoms with Crippen molar-refractivity contribution in [2.75, 3.05) is 31.1 Å². The van der Waals surface area contributed by atoms with Crippen LogP contribution in [-0.2, 0) is 6.54 Å². The smallest absolute Gasteiger partial charge is 0.390 e. The molecule has 0 aromatic heterocycles. The Kier molecular flexibility index (Phi) is 10.3. The molecule has 3 N–H and O–H groups in total. The van der Waals surface area contributed by atoms with Crippen molar-refractivity contribution in [3.8, 4) is 0 Å². The van der Waals surface area contributed by atoms with Gasteiger partial charge in [0.15, 0.2) is 5.96 Å². The first-order valence-corrected chi connectivity index (χ1v) is 9.09. The Morgan fingerprint density at radius 1 is 1.25 bits per heavy atom. The van der Waals surface area contributed by atoms with Crippen molar-refractivity contribution >= 4 is 35.6 Å². The van der Waals surface area contributed by atoms with E-state index in [1.165, 1.54) is 6.07 Å². The minimum Gasteiger partial charge on any atom is -0.393 e. The molecular weight excluding hydrogens is 491 g/mol. The number of guanidine groups is 1. The Labute approximate surface area is 179 Å². The first-order valence-electron chi connectivity index (χ1n) is 9.09. The van der Waals surface area contributed by atoms with Crippen LogP contribution in [-0.4, -0.2) is 49.5 Å². The van der Waals surface area contributed by atoms with Crippen molar-refractivity contribution < 1.29 is 22.7 Å². The topological polar surface area (TPSA) is 59.9 Å². The summed E-state index contributed by atoms with van der Waals surface area (Å²) < 4.78 is 51.1. The van der Waals surface area contributed by atoms with Gasteiger partial charge in [-0.05, 0) is 37.5 Å². The lowest BCUT2D eigenvalue weighted by atomic mass is 10.1. The van der Waals surface area contributed by atoms with Crippen LogP contribution < -0.4 is 15.5 Å². The van der Waals surface area contributed by atoms with E-state index in [1.54, 1.807) is 12.1 Å². The molecule has 1 aromatic carbocycles. The normalized spacial score (nSPS) is 15.9. The predicted molar refractivity (Wildman–Crippen MR) is 113 cm³/mol. The molecule has 1 aliphatic heterocycles. The highest BCUT2D eigenvalue weighted by molar-refractivity contribution is 14.0. The number of nitrogens with zero attached hydrogens (tertiary/aromatic N) is 2. The van der Waals surface area contributed by atoms with Crippen LogP contribution in [0.4, 0.5) is 23.2 Å². The molecule has 0 spiro atoms. The Balaban J connectivity index is 0.00000392. The van der Waals surface area contributed by atoms with Crippen LogP contribution in [0.5, 0.6) is 0 Å². The molecule has 1 saturated heterocycles. The average Bonchev–Trinajstić information content (AvgIpc) is 2.60. The number of aliphatic imine (C=N–C) groups is 1. The van der Waals surface area contributed by atoms with Crippen molar-refractivity contribution in [2.45, 2.75) is 45.0 Å². The number of rotatable bonds is 6. The monoisotopic (exact) mass is 518 g/mol. The summed E-state index contributed by atoms with van der Waals surface area (Å²) in [7, 11) is 0. The molecule has 0 bridgehead atoms. The van der Waals surface area contributed by atoms with Gasteiger partial charge in [0.25, 0.3) is 0 Å². The van der Waals surface area contributed by atoms with Gasteiger partial charge in [0.1, 0.15) is 5.82 Å². The number of piperidine rings is 1. The maximum Gasteiger partial charge on any atom is 0.390 e. The highest BCUT2D eigenvalue weighted by Crippen LogP contribution is 2.24. The predicted octanol–water partition coefficient (Wildman–Crippen LogP) is 3.41. The first-order chi connectivity index (χ1) is 12.8. The molecule has 1 fully saturated rings. The van der Waals surface area contributed by atoms with Gasteiger partial charge in [-0.1, -0.05) is 6.07 Å². The summed E-state index contributed by atoms with van der Waals surface area (Å²) in [6.07, 6.45) is -4.28. The third-order valence-electron chi connectivity index (χ3n) is 4.28. The first kappa shape index (κ1) is 24.7. The number of hydrogen-bond acceptors (Lipinski definition) is 3. The van der Waals surface area contributed by atoms with Gasteiger partial charge in [0.05, 0.1) is 24.8 Å². The minimum absolute atomic E-state index is 0. The molecular formula is C18H27F4IN4O. The third-order valence-corrected chi connectivity index (χ3v) is 4.28. The second-order valence-corrected chi connectivity index (χ2v) is 6.49. The molecule has 5 nitrogen and oxygen atoms in total. The molecule has 1 aliphatic rings. The summed E-state index contributed by atoms with van der Waals surface area (Å²) in [5.74, 6) is -0.106. The molecule has 1 heterocycles. The highest BCUT2D eigenvalue weighted by Gasteiger charge is 2.26. The molecule has 0 aliphatic carbocycles. The summed E-state index contributed by atoms with van der Waals surface area (Å²) in [5, 5.41) is 15.0.